The van der Waals surface area contributed by atoms with Gasteiger partial charge in [-0.2, -0.15) is 17.9 Å². The predicted octanol–water partition coefficient (Wildman–Crippen LogP) is 2.29. The molecule has 0 aliphatic carbocycles. The van der Waals surface area contributed by atoms with Crippen molar-refractivity contribution >= 4 is 24.4 Å². The number of hydrogen-bond donors (Lipinski definition) is 2. The fourth-order valence-electron chi connectivity index (χ4n) is 4.50. The molecule has 2 unspecified atom stereocenters. The van der Waals surface area contributed by atoms with Gasteiger partial charge in [-0.1, -0.05) is 30.8 Å². The minimum Gasteiger partial charge on any atom is -0.342 e. The maximum Gasteiger partial charge on any atom is 0.250 e. The molecule has 36 heavy (non-hydrogen) atoms. The molecule has 2 N–H and O–H groups in total. The predicted molar refractivity (Wildman–Crippen MR) is 147 cm³/mol. The highest BCUT2D eigenvalue weighted by molar-refractivity contribution is 7.83. The number of amides is 2. The van der Waals surface area contributed by atoms with Gasteiger partial charge in [0.2, 0.25) is 5.91 Å². The normalized spacial score (nSPS) is 21.2. The second-order valence-corrected chi connectivity index (χ2v) is 9.98. The topological polar surface area (TPSA) is 96.9 Å². The van der Waals surface area contributed by atoms with Gasteiger partial charge in [0.05, 0.1) is 12.1 Å². The van der Waals surface area contributed by atoms with Crippen molar-refractivity contribution in [3.63, 3.8) is 0 Å². The van der Waals surface area contributed by atoms with Crippen LogP contribution in [-0.2, 0) is 16.0 Å². The molecule has 2 heterocycles. The van der Waals surface area contributed by atoms with Crippen LogP contribution in [0.2, 0.25) is 0 Å². The van der Waals surface area contributed by atoms with Crippen molar-refractivity contribution in [1.82, 2.24) is 19.6 Å². The third-order valence-corrected chi connectivity index (χ3v) is 7.83. The number of benzene rings is 1. The van der Waals surface area contributed by atoms with Crippen LogP contribution < -0.4 is 5.73 Å². The molecule has 1 aromatic rings. The number of nitrogens with two attached hydrogens (primary N) is 1. The number of thiol groups is 1. The van der Waals surface area contributed by atoms with Crippen molar-refractivity contribution < 1.29 is 9.59 Å². The molecule has 2 amide bonds. The highest BCUT2D eigenvalue weighted by atomic mass is 32.1. The molecule has 2 atom stereocenters. The van der Waals surface area contributed by atoms with Crippen LogP contribution >= 0.6 is 12.6 Å². The summed E-state index contributed by atoms with van der Waals surface area (Å²) >= 11 is 4.60. The summed E-state index contributed by atoms with van der Waals surface area (Å²) < 4.78 is -0.989. The van der Waals surface area contributed by atoms with Crippen molar-refractivity contribution in [1.29, 1.82) is 5.26 Å². The van der Waals surface area contributed by atoms with Crippen LogP contribution in [0.25, 0.3) is 0 Å². The van der Waals surface area contributed by atoms with Crippen LogP contribution in [0.4, 0.5) is 0 Å². The van der Waals surface area contributed by atoms with Gasteiger partial charge in [0.1, 0.15) is 6.42 Å². The van der Waals surface area contributed by atoms with E-state index >= 15 is 0 Å². The van der Waals surface area contributed by atoms with Crippen LogP contribution in [0, 0.1) is 11.3 Å². The minimum atomic E-state index is -0.989. The van der Waals surface area contributed by atoms with Crippen molar-refractivity contribution in [2.75, 3.05) is 59.4 Å². The fourth-order valence-corrected chi connectivity index (χ4v) is 4.89. The van der Waals surface area contributed by atoms with Gasteiger partial charge in [0.15, 0.2) is 4.75 Å². The highest BCUT2D eigenvalue weighted by Crippen LogP contribution is 2.46. The lowest BCUT2D eigenvalue weighted by atomic mass is 9.82. The van der Waals surface area contributed by atoms with Crippen LogP contribution in [0.5, 0.6) is 0 Å². The van der Waals surface area contributed by atoms with E-state index in [2.05, 4.69) is 48.2 Å². The number of likely N-dealkylation sites (N-methyl/N-ethyl adjacent to an activating group) is 1. The Morgan fingerprint density at radius 1 is 1.19 bits per heavy atom. The number of hydrogen-bond acceptors (Lipinski definition) is 7. The van der Waals surface area contributed by atoms with Crippen molar-refractivity contribution in [2.24, 2.45) is 5.73 Å². The maximum atomic E-state index is 12.4. The first-order valence-corrected chi connectivity index (χ1v) is 13.2. The van der Waals surface area contributed by atoms with Crippen molar-refractivity contribution in [3.05, 3.63) is 47.7 Å². The monoisotopic (exact) mass is 514 g/mol. The Hall–Kier alpha value is -2.38. The van der Waals surface area contributed by atoms with Crippen molar-refractivity contribution in [3.8, 4) is 6.07 Å². The molecule has 0 aromatic heterocycles. The van der Waals surface area contributed by atoms with Gasteiger partial charge in [-0.05, 0) is 45.4 Å². The number of piperazine rings is 1. The first-order chi connectivity index (χ1) is 17.1. The van der Waals surface area contributed by atoms with Gasteiger partial charge in [-0.3, -0.25) is 9.59 Å². The first kappa shape index (κ1) is 29.8. The van der Waals surface area contributed by atoms with E-state index in [1.165, 1.54) is 5.56 Å². The van der Waals surface area contributed by atoms with E-state index in [1.807, 2.05) is 39.0 Å². The zero-order valence-corrected chi connectivity index (χ0v) is 23.1. The van der Waals surface area contributed by atoms with E-state index in [0.717, 1.165) is 44.7 Å². The number of carbonyl (C=O) groups excluding carboxylic acids is 2. The Labute approximate surface area is 222 Å². The number of carbonyl (C=O) groups is 2. The Morgan fingerprint density at radius 3 is 2.25 bits per heavy atom. The molecule has 0 radical (unpaired) electrons. The summed E-state index contributed by atoms with van der Waals surface area (Å²) in [6, 6.07) is 9.62. The summed E-state index contributed by atoms with van der Waals surface area (Å²) in [5.74, 6) is -0.132. The zero-order chi connectivity index (χ0) is 26.9. The van der Waals surface area contributed by atoms with Gasteiger partial charge in [-0.25, -0.2) is 0 Å². The molecule has 1 aromatic carbocycles. The average molecular weight is 515 g/mol. The molecule has 2 saturated heterocycles. The lowest BCUT2D eigenvalue weighted by molar-refractivity contribution is -0.139. The van der Waals surface area contributed by atoms with Gasteiger partial charge in [0.25, 0.3) is 5.91 Å². The second kappa shape index (κ2) is 13.8. The number of rotatable bonds is 9. The molecule has 3 rings (SSSR count). The molecular weight excluding hydrogens is 472 g/mol. The molecule has 0 spiro atoms. The van der Waals surface area contributed by atoms with E-state index < -0.39 is 10.8 Å². The van der Waals surface area contributed by atoms with Crippen LogP contribution in [0.3, 0.4) is 0 Å². The summed E-state index contributed by atoms with van der Waals surface area (Å²) in [6.45, 7) is 17.4. The Bertz CT molecular complexity index is 917. The zero-order valence-electron chi connectivity index (χ0n) is 22.2. The number of likely N-dealkylation sites (tertiary alicyclic amines) is 1. The summed E-state index contributed by atoms with van der Waals surface area (Å²) in [5.41, 5.74) is 9.30. The lowest BCUT2D eigenvalue weighted by Gasteiger charge is -2.50. The summed E-state index contributed by atoms with van der Waals surface area (Å²) in [7, 11) is 2.18. The van der Waals surface area contributed by atoms with E-state index in [4.69, 9.17) is 11.0 Å². The number of nitriles is 1. The highest BCUT2D eigenvalue weighted by Gasteiger charge is 2.57. The van der Waals surface area contributed by atoms with Crippen LogP contribution in [0.15, 0.2) is 36.5 Å². The minimum absolute atomic E-state index is 0.00167. The molecule has 0 saturated carbocycles. The van der Waals surface area contributed by atoms with E-state index in [-0.39, 0.29) is 18.2 Å². The van der Waals surface area contributed by atoms with E-state index in [9.17, 15) is 9.59 Å². The molecule has 8 nitrogen and oxygen atoms in total. The second-order valence-electron chi connectivity index (χ2n) is 9.28. The lowest BCUT2D eigenvalue weighted by Crippen LogP contribution is -2.64. The molecule has 2 aliphatic heterocycles. The molecule has 2 aliphatic rings. The quantitative estimate of drug-likeness (QED) is 0.388. The molecule has 198 valence electrons. The number of nitrogens with zero attached hydrogens (tertiary/aromatic N) is 5. The fraction of sp³-hybridized carbons (Fsp3) is 0.593. The third-order valence-electron chi connectivity index (χ3n) is 7.10. The van der Waals surface area contributed by atoms with E-state index in [0.29, 0.717) is 25.3 Å². The van der Waals surface area contributed by atoms with Gasteiger partial charge >= 0.3 is 0 Å². The van der Waals surface area contributed by atoms with Crippen LogP contribution in [-0.4, -0.2) is 95.6 Å². The van der Waals surface area contributed by atoms with Gasteiger partial charge in [-0.15, -0.1) is 0 Å². The SMILES string of the molecule is C=C1N(CC)C(=O)C1(S)C(N)c1ccc(CCN2CCN(C)CC2)cc1.CCN(CC)C(=O)CC#N. The summed E-state index contributed by atoms with van der Waals surface area (Å²) in [4.78, 5) is 31.5. The average Bonchev–Trinajstić information content (AvgIpc) is 2.89. The summed E-state index contributed by atoms with van der Waals surface area (Å²) in [5, 5.41) is 8.18. The Morgan fingerprint density at radius 2 is 1.78 bits per heavy atom. The number of β-lactam (4-membered cyclic amide) rings is 1. The Kier molecular flexibility index (Phi) is 11.4. The van der Waals surface area contributed by atoms with Crippen molar-refractivity contribution in [2.45, 2.75) is 44.4 Å². The first-order valence-electron chi connectivity index (χ1n) is 12.8. The standard InChI is InChI=1S/C20H30N4OS.C7H12N2O/c1-4-24-15(2)20(26,19(24)25)18(21)17-7-5-16(6-8-17)9-10-23-13-11-22(3)12-14-23;1-3-9(4-2)7(10)5-6-8/h5-8,18,26H,2,4,9-14,21H2,1,3H3;3-5H2,1-2H3. The molecule has 2 fully saturated rings. The molecule has 0 bridgehead atoms. The largest absolute Gasteiger partial charge is 0.342 e. The van der Waals surface area contributed by atoms with Gasteiger partial charge < -0.3 is 25.3 Å². The van der Waals surface area contributed by atoms with Gasteiger partial charge in [0, 0.05) is 58.1 Å². The van der Waals surface area contributed by atoms with Crippen LogP contribution in [0.1, 0.15) is 44.4 Å². The molecular formula is C27H42N6O2S. The third kappa shape index (κ3) is 6.88. The smallest absolute Gasteiger partial charge is 0.250 e. The maximum absolute atomic E-state index is 12.4. The molecule has 9 heteroatoms. The Balaban J connectivity index is 0.000000388. The van der Waals surface area contributed by atoms with E-state index in [1.54, 1.807) is 9.80 Å². The summed E-state index contributed by atoms with van der Waals surface area (Å²) in [6.07, 6.45) is 1.03.